The highest BCUT2D eigenvalue weighted by Gasteiger charge is 2.74. The summed E-state index contributed by atoms with van der Waals surface area (Å²) in [6.45, 7) is 5.99. The number of likely N-dealkylation sites (tertiary alicyclic amines) is 1. The number of carbonyl (C=O) groups is 3. The average Bonchev–Trinajstić information content (AvgIpc) is 3.56. The Morgan fingerprint density at radius 3 is 2.49 bits per heavy atom. The molecule has 8 nitrogen and oxygen atoms in total. The van der Waals surface area contributed by atoms with Gasteiger partial charge in [0.1, 0.15) is 11.8 Å². The molecule has 3 fully saturated rings. The molecule has 2 bridgehead atoms. The van der Waals surface area contributed by atoms with Gasteiger partial charge < -0.3 is 25.4 Å². The molecule has 5 rings (SSSR count). The summed E-state index contributed by atoms with van der Waals surface area (Å²) in [7, 11) is 0. The molecule has 9 heteroatoms. The Bertz CT molecular complexity index is 1210. The summed E-state index contributed by atoms with van der Waals surface area (Å²) in [4.78, 5) is 43.3. The van der Waals surface area contributed by atoms with E-state index in [4.69, 9.17) is 4.74 Å². The molecule has 3 aliphatic rings. The molecule has 0 aromatic heterocycles. The molecule has 0 aliphatic carbocycles. The van der Waals surface area contributed by atoms with Crippen molar-refractivity contribution in [1.82, 2.24) is 10.2 Å². The maximum absolute atomic E-state index is 14.3. The second-order valence-electron chi connectivity index (χ2n) is 10.9. The molecule has 2 aromatic carbocycles. The number of carbonyl (C=O) groups excluding carboxylic acids is 3. The number of fused-ring (bicyclic) bond motifs is 1. The molecule has 6 atom stereocenters. The molecule has 3 aliphatic heterocycles. The van der Waals surface area contributed by atoms with Crippen molar-refractivity contribution in [3.8, 4) is 5.75 Å². The minimum Gasteiger partial charge on any atom is -0.494 e. The minimum absolute atomic E-state index is 0.0418. The number of hydrogen-bond acceptors (Lipinski definition) is 6. The third-order valence-electron chi connectivity index (χ3n) is 8.07. The first-order valence-electron chi connectivity index (χ1n) is 13.8. The van der Waals surface area contributed by atoms with Gasteiger partial charge in [0, 0.05) is 17.0 Å². The van der Waals surface area contributed by atoms with Crippen LogP contribution < -0.4 is 15.4 Å². The monoisotopic (exact) mass is 551 g/mol. The Labute approximate surface area is 233 Å². The lowest BCUT2D eigenvalue weighted by molar-refractivity contribution is -0.142. The lowest BCUT2D eigenvalue weighted by Crippen LogP contribution is -2.57. The Morgan fingerprint density at radius 1 is 1.13 bits per heavy atom. The summed E-state index contributed by atoms with van der Waals surface area (Å²) in [5.41, 5.74) is 1.61. The second kappa shape index (κ2) is 11.2. The molecule has 1 spiro atoms. The average molecular weight is 552 g/mol. The summed E-state index contributed by atoms with van der Waals surface area (Å²) in [6, 6.07) is 15.4. The van der Waals surface area contributed by atoms with Gasteiger partial charge in [-0.05, 0) is 69.9 Å². The van der Waals surface area contributed by atoms with E-state index < -0.39 is 28.7 Å². The van der Waals surface area contributed by atoms with E-state index in [-0.39, 0.29) is 35.6 Å². The molecule has 0 radical (unpaired) electrons. The fraction of sp³-hybridized carbons (Fsp3) is 0.500. The van der Waals surface area contributed by atoms with E-state index in [9.17, 15) is 19.5 Å². The van der Waals surface area contributed by atoms with E-state index in [0.29, 0.717) is 25.1 Å². The van der Waals surface area contributed by atoms with Gasteiger partial charge in [-0.15, -0.1) is 11.8 Å². The number of amides is 3. The van der Waals surface area contributed by atoms with Gasteiger partial charge in [0.25, 0.3) is 0 Å². The molecule has 0 saturated carbocycles. The van der Waals surface area contributed by atoms with Crippen molar-refractivity contribution in [2.24, 2.45) is 11.8 Å². The first-order valence-corrected chi connectivity index (χ1v) is 14.7. The van der Waals surface area contributed by atoms with Gasteiger partial charge in [-0.3, -0.25) is 14.4 Å². The van der Waals surface area contributed by atoms with E-state index in [1.54, 1.807) is 40.9 Å². The van der Waals surface area contributed by atoms with Crippen molar-refractivity contribution in [2.75, 3.05) is 18.5 Å². The molecule has 3 heterocycles. The number of hydrogen-bond donors (Lipinski definition) is 3. The third kappa shape index (κ3) is 5.02. The van der Waals surface area contributed by atoms with Crippen molar-refractivity contribution in [3.63, 3.8) is 0 Å². The van der Waals surface area contributed by atoms with E-state index in [0.717, 1.165) is 17.7 Å². The van der Waals surface area contributed by atoms with Crippen LogP contribution >= 0.6 is 11.8 Å². The number of benzene rings is 2. The zero-order chi connectivity index (χ0) is 27.7. The first kappa shape index (κ1) is 27.5. The quantitative estimate of drug-likeness (QED) is 0.419. The SMILES string of the molecule is CCOc1ccc(NC(=O)[C@@H]2[C@@H]3CCC4(S3)C(C(=O)NC(C)C)N([C@@H](CO)Cc3ccccc3)C(=O)[C@H]24)cc1. The highest BCUT2D eigenvalue weighted by molar-refractivity contribution is 8.02. The Hall–Kier alpha value is -3.04. The molecule has 208 valence electrons. The number of nitrogens with zero attached hydrogens (tertiary/aromatic N) is 1. The molecule has 39 heavy (non-hydrogen) atoms. The molecule has 2 unspecified atom stereocenters. The Balaban J connectivity index is 1.46. The normalized spacial score (nSPS) is 27.9. The van der Waals surface area contributed by atoms with Crippen LogP contribution in [-0.4, -0.2) is 69.1 Å². The van der Waals surface area contributed by atoms with Crippen LogP contribution in [0.25, 0.3) is 0 Å². The van der Waals surface area contributed by atoms with Crippen molar-refractivity contribution < 1.29 is 24.2 Å². The number of anilines is 1. The maximum atomic E-state index is 14.3. The summed E-state index contributed by atoms with van der Waals surface area (Å²) in [6.07, 6.45) is 1.87. The van der Waals surface area contributed by atoms with Crippen LogP contribution in [0.3, 0.4) is 0 Å². The number of aliphatic hydroxyl groups is 1. The number of aliphatic hydroxyl groups excluding tert-OH is 1. The first-order chi connectivity index (χ1) is 18.8. The summed E-state index contributed by atoms with van der Waals surface area (Å²) in [5.74, 6) is -1.09. The predicted octanol–water partition coefficient (Wildman–Crippen LogP) is 3.24. The molecule has 3 amide bonds. The van der Waals surface area contributed by atoms with Gasteiger partial charge in [-0.25, -0.2) is 0 Å². The van der Waals surface area contributed by atoms with Gasteiger partial charge in [-0.2, -0.15) is 0 Å². The smallest absolute Gasteiger partial charge is 0.244 e. The van der Waals surface area contributed by atoms with Crippen molar-refractivity contribution in [1.29, 1.82) is 0 Å². The van der Waals surface area contributed by atoms with E-state index in [1.165, 1.54) is 0 Å². The van der Waals surface area contributed by atoms with E-state index in [1.807, 2.05) is 51.1 Å². The van der Waals surface area contributed by atoms with E-state index in [2.05, 4.69) is 10.6 Å². The highest BCUT2D eigenvalue weighted by atomic mass is 32.2. The molecule has 3 saturated heterocycles. The standard InChI is InChI=1S/C30H37N3O5S/c1-4-38-22-12-10-20(11-13-22)32-27(35)24-23-14-15-30(39-23)25(24)29(37)33(26(30)28(36)31-18(2)3)21(17-34)16-19-8-6-5-7-9-19/h5-13,18,21,23-26,34H,4,14-17H2,1-3H3,(H,31,36)(H,32,35)/t21-,23+,24-,25+,26?,30?/m1/s1. The fourth-order valence-corrected chi connectivity index (χ4v) is 8.82. The molecular formula is C30H37N3O5S. The largest absolute Gasteiger partial charge is 0.494 e. The number of nitrogens with one attached hydrogen (secondary N) is 2. The van der Waals surface area contributed by atoms with Crippen LogP contribution in [0.15, 0.2) is 54.6 Å². The van der Waals surface area contributed by atoms with Gasteiger partial charge >= 0.3 is 0 Å². The predicted molar refractivity (Wildman–Crippen MR) is 151 cm³/mol. The van der Waals surface area contributed by atoms with Crippen LogP contribution in [0.4, 0.5) is 5.69 Å². The van der Waals surface area contributed by atoms with Crippen LogP contribution in [0, 0.1) is 11.8 Å². The summed E-state index contributed by atoms with van der Waals surface area (Å²) >= 11 is 1.62. The van der Waals surface area contributed by atoms with Crippen LogP contribution in [0.5, 0.6) is 5.75 Å². The van der Waals surface area contributed by atoms with Crippen LogP contribution in [0.2, 0.25) is 0 Å². The minimum atomic E-state index is -0.753. The topological polar surface area (TPSA) is 108 Å². The Morgan fingerprint density at radius 2 is 1.85 bits per heavy atom. The van der Waals surface area contributed by atoms with Gasteiger partial charge in [0.15, 0.2) is 0 Å². The number of rotatable bonds is 10. The van der Waals surface area contributed by atoms with Crippen LogP contribution in [-0.2, 0) is 20.8 Å². The molecular weight excluding hydrogens is 514 g/mol. The fourth-order valence-electron chi connectivity index (χ4n) is 6.61. The second-order valence-corrected chi connectivity index (χ2v) is 12.5. The summed E-state index contributed by atoms with van der Waals surface area (Å²) in [5, 5.41) is 16.5. The van der Waals surface area contributed by atoms with Crippen LogP contribution in [0.1, 0.15) is 39.2 Å². The number of thioether (sulfide) groups is 1. The zero-order valence-corrected chi connectivity index (χ0v) is 23.4. The zero-order valence-electron chi connectivity index (χ0n) is 22.6. The van der Waals surface area contributed by atoms with Crippen molar-refractivity contribution >= 4 is 35.2 Å². The van der Waals surface area contributed by atoms with Gasteiger partial charge in [0.05, 0.1) is 35.8 Å². The summed E-state index contributed by atoms with van der Waals surface area (Å²) < 4.78 is 4.80. The third-order valence-corrected chi connectivity index (χ3v) is 10.0. The molecule has 2 aromatic rings. The van der Waals surface area contributed by atoms with Gasteiger partial charge in [-0.1, -0.05) is 30.3 Å². The number of ether oxygens (including phenoxy) is 1. The van der Waals surface area contributed by atoms with Crippen molar-refractivity contribution in [2.45, 2.75) is 68.2 Å². The molecule has 3 N–H and O–H groups in total. The lowest BCUT2D eigenvalue weighted by atomic mass is 9.70. The highest BCUT2D eigenvalue weighted by Crippen LogP contribution is 2.66. The van der Waals surface area contributed by atoms with E-state index >= 15 is 0 Å². The maximum Gasteiger partial charge on any atom is 0.244 e. The lowest BCUT2D eigenvalue weighted by Gasteiger charge is -2.37. The Kier molecular flexibility index (Phi) is 7.91. The van der Waals surface area contributed by atoms with Crippen molar-refractivity contribution in [3.05, 3.63) is 60.2 Å². The van der Waals surface area contributed by atoms with Gasteiger partial charge in [0.2, 0.25) is 17.7 Å².